The smallest absolute Gasteiger partial charge is 0.307 e. The number of aliphatic carboxylic acids is 1. The van der Waals surface area contributed by atoms with Gasteiger partial charge in [0.05, 0.1) is 20.1 Å². The molecule has 2 atom stereocenters. The second-order valence-corrected chi connectivity index (χ2v) is 5.83. The Bertz CT molecular complexity index is 490. The lowest BCUT2D eigenvalue weighted by molar-refractivity contribution is -0.142. The second-order valence-electron chi connectivity index (χ2n) is 5.83. The number of carboxylic acid groups (broad SMARTS) is 1. The third-order valence-electron chi connectivity index (χ3n) is 4.37. The van der Waals surface area contributed by atoms with Gasteiger partial charge >= 0.3 is 5.97 Å². The number of carboxylic acids is 1. The number of nitrogens with two attached hydrogens (primary N) is 1. The maximum Gasteiger partial charge on any atom is 0.307 e. The molecule has 0 aliphatic heterocycles. The van der Waals surface area contributed by atoms with Crippen LogP contribution in [0.4, 0.5) is 0 Å². The van der Waals surface area contributed by atoms with E-state index in [0.29, 0.717) is 12.3 Å². The molecule has 0 aromatic heterocycles. The van der Waals surface area contributed by atoms with Crippen molar-refractivity contribution in [2.45, 2.75) is 39.0 Å². The molecule has 1 aromatic carbocycles. The average Bonchev–Trinajstić information content (AvgIpc) is 2.57. The molecule has 2 unspecified atom stereocenters. The van der Waals surface area contributed by atoms with Crippen LogP contribution in [0.1, 0.15) is 38.2 Å². The first kappa shape index (κ1) is 19.3. The van der Waals surface area contributed by atoms with E-state index in [-0.39, 0.29) is 6.54 Å². The Balaban J connectivity index is 2.59. The van der Waals surface area contributed by atoms with Crippen molar-refractivity contribution in [3.63, 3.8) is 0 Å². The first-order valence-corrected chi connectivity index (χ1v) is 8.20. The van der Waals surface area contributed by atoms with Crippen LogP contribution in [-0.2, 0) is 11.2 Å². The molecule has 5 nitrogen and oxygen atoms in total. The van der Waals surface area contributed by atoms with Crippen molar-refractivity contribution < 1.29 is 19.4 Å². The van der Waals surface area contributed by atoms with Gasteiger partial charge in [-0.3, -0.25) is 4.79 Å². The maximum absolute atomic E-state index is 11.1. The molecule has 0 spiro atoms. The summed E-state index contributed by atoms with van der Waals surface area (Å²) in [6.07, 6.45) is 4.48. The van der Waals surface area contributed by atoms with Crippen molar-refractivity contribution in [2.24, 2.45) is 17.6 Å². The van der Waals surface area contributed by atoms with Crippen molar-refractivity contribution in [3.8, 4) is 11.5 Å². The number of methoxy groups -OCH3 is 2. The van der Waals surface area contributed by atoms with Gasteiger partial charge in [0.25, 0.3) is 0 Å². The van der Waals surface area contributed by atoms with Gasteiger partial charge in [-0.2, -0.15) is 0 Å². The fraction of sp³-hybridized carbons (Fsp3) is 0.611. The highest BCUT2D eigenvalue weighted by Gasteiger charge is 2.20. The van der Waals surface area contributed by atoms with E-state index in [9.17, 15) is 4.79 Å². The molecule has 130 valence electrons. The van der Waals surface area contributed by atoms with E-state index in [0.717, 1.165) is 42.7 Å². The monoisotopic (exact) mass is 323 g/mol. The van der Waals surface area contributed by atoms with Crippen molar-refractivity contribution in [1.82, 2.24) is 0 Å². The lowest BCUT2D eigenvalue weighted by Crippen LogP contribution is -2.25. The normalized spacial score (nSPS) is 13.4. The molecule has 0 bridgehead atoms. The number of hydrogen-bond acceptors (Lipinski definition) is 4. The lowest BCUT2D eigenvalue weighted by atomic mass is 9.88. The zero-order valence-electron chi connectivity index (χ0n) is 14.4. The summed E-state index contributed by atoms with van der Waals surface area (Å²) in [4.78, 5) is 11.1. The molecule has 5 heteroatoms. The maximum atomic E-state index is 11.1. The predicted octanol–water partition coefficient (Wildman–Crippen LogP) is 3.10. The first-order valence-electron chi connectivity index (χ1n) is 8.20. The van der Waals surface area contributed by atoms with Gasteiger partial charge in [0, 0.05) is 6.54 Å². The molecular weight excluding hydrogens is 294 g/mol. The molecular formula is C18H29NO4. The summed E-state index contributed by atoms with van der Waals surface area (Å²) in [5, 5.41) is 9.14. The highest BCUT2D eigenvalue weighted by molar-refractivity contribution is 5.70. The predicted molar refractivity (Wildman–Crippen MR) is 91.1 cm³/mol. The second kappa shape index (κ2) is 10.1. The number of benzene rings is 1. The van der Waals surface area contributed by atoms with Crippen LogP contribution in [0.25, 0.3) is 0 Å². The van der Waals surface area contributed by atoms with Crippen molar-refractivity contribution in [3.05, 3.63) is 23.8 Å². The van der Waals surface area contributed by atoms with Gasteiger partial charge in [0.1, 0.15) is 0 Å². The number of aryl methyl sites for hydroxylation is 1. The van der Waals surface area contributed by atoms with Gasteiger partial charge in [0.2, 0.25) is 0 Å². The molecule has 0 saturated heterocycles. The summed E-state index contributed by atoms with van der Waals surface area (Å²) in [5.41, 5.74) is 6.68. The van der Waals surface area contributed by atoms with E-state index in [1.54, 1.807) is 14.2 Å². The zero-order chi connectivity index (χ0) is 17.2. The van der Waals surface area contributed by atoms with Gasteiger partial charge in [-0.25, -0.2) is 0 Å². The summed E-state index contributed by atoms with van der Waals surface area (Å²) in [7, 11) is 3.28. The Labute approximate surface area is 138 Å². The van der Waals surface area contributed by atoms with E-state index < -0.39 is 11.9 Å². The minimum absolute atomic E-state index is 0.204. The van der Waals surface area contributed by atoms with Crippen LogP contribution in [-0.4, -0.2) is 31.8 Å². The SMILES string of the molecule is CCC(CCCc1cccc(OC)c1OC)CC(CN)C(=O)O. The average molecular weight is 323 g/mol. The van der Waals surface area contributed by atoms with Gasteiger partial charge in [-0.1, -0.05) is 31.9 Å². The quantitative estimate of drug-likeness (QED) is 0.654. The van der Waals surface area contributed by atoms with E-state index in [1.807, 2.05) is 18.2 Å². The van der Waals surface area contributed by atoms with Gasteiger partial charge in [-0.05, 0) is 36.8 Å². The van der Waals surface area contributed by atoms with E-state index in [1.165, 1.54) is 0 Å². The fourth-order valence-corrected chi connectivity index (χ4v) is 2.92. The number of rotatable bonds is 11. The van der Waals surface area contributed by atoms with Crippen molar-refractivity contribution in [2.75, 3.05) is 20.8 Å². The van der Waals surface area contributed by atoms with Crippen LogP contribution in [0.5, 0.6) is 11.5 Å². The summed E-state index contributed by atoms with van der Waals surface area (Å²) in [5.74, 6) is 0.683. The molecule has 0 aliphatic carbocycles. The van der Waals surface area contributed by atoms with Crippen LogP contribution < -0.4 is 15.2 Å². The van der Waals surface area contributed by atoms with Gasteiger partial charge in [0.15, 0.2) is 11.5 Å². The van der Waals surface area contributed by atoms with Crippen LogP contribution in [0, 0.1) is 11.8 Å². The Kier molecular flexibility index (Phi) is 8.48. The standard InChI is InChI=1S/C18H29NO4/c1-4-13(11-15(12-19)18(20)21)7-5-8-14-9-6-10-16(22-2)17(14)23-3/h6,9-10,13,15H,4-5,7-8,11-12,19H2,1-3H3,(H,20,21). The Morgan fingerprint density at radius 2 is 2.04 bits per heavy atom. The van der Waals surface area contributed by atoms with Crippen LogP contribution >= 0.6 is 0 Å². The Morgan fingerprint density at radius 1 is 1.30 bits per heavy atom. The number of carbonyl (C=O) groups is 1. The Morgan fingerprint density at radius 3 is 2.57 bits per heavy atom. The zero-order valence-corrected chi connectivity index (χ0v) is 14.4. The number of ether oxygens (including phenoxy) is 2. The highest BCUT2D eigenvalue weighted by Crippen LogP contribution is 2.32. The topological polar surface area (TPSA) is 81.8 Å². The summed E-state index contributed by atoms with van der Waals surface area (Å²) >= 11 is 0. The molecule has 23 heavy (non-hydrogen) atoms. The largest absolute Gasteiger partial charge is 0.493 e. The fourth-order valence-electron chi connectivity index (χ4n) is 2.92. The molecule has 0 aliphatic rings. The molecule has 1 aromatic rings. The summed E-state index contributed by atoms with van der Waals surface area (Å²) < 4.78 is 10.8. The summed E-state index contributed by atoms with van der Waals surface area (Å²) in [6.45, 7) is 2.31. The van der Waals surface area contributed by atoms with E-state index in [2.05, 4.69) is 6.92 Å². The minimum atomic E-state index is -0.791. The lowest BCUT2D eigenvalue weighted by Gasteiger charge is -2.19. The number of hydrogen-bond donors (Lipinski definition) is 2. The Hall–Kier alpha value is -1.75. The van der Waals surface area contributed by atoms with Gasteiger partial charge in [-0.15, -0.1) is 0 Å². The van der Waals surface area contributed by atoms with Gasteiger partial charge < -0.3 is 20.3 Å². The third-order valence-corrected chi connectivity index (χ3v) is 4.37. The molecule has 3 N–H and O–H groups in total. The van der Waals surface area contributed by atoms with Crippen molar-refractivity contribution >= 4 is 5.97 Å². The minimum Gasteiger partial charge on any atom is -0.493 e. The molecule has 0 saturated carbocycles. The number of para-hydroxylation sites is 1. The molecule has 0 fully saturated rings. The third kappa shape index (κ3) is 5.75. The first-order chi connectivity index (χ1) is 11.1. The van der Waals surface area contributed by atoms with E-state index >= 15 is 0 Å². The van der Waals surface area contributed by atoms with E-state index in [4.69, 9.17) is 20.3 Å². The van der Waals surface area contributed by atoms with Crippen LogP contribution in [0.2, 0.25) is 0 Å². The molecule has 0 amide bonds. The molecule has 0 heterocycles. The van der Waals surface area contributed by atoms with Crippen molar-refractivity contribution in [1.29, 1.82) is 0 Å². The molecule has 1 rings (SSSR count). The van der Waals surface area contributed by atoms with Crippen LogP contribution in [0.15, 0.2) is 18.2 Å². The molecule has 0 radical (unpaired) electrons. The van der Waals surface area contributed by atoms with Crippen LogP contribution in [0.3, 0.4) is 0 Å². The highest BCUT2D eigenvalue weighted by atomic mass is 16.5. The summed E-state index contributed by atoms with van der Waals surface area (Å²) in [6, 6.07) is 5.89.